The highest BCUT2D eigenvalue weighted by atomic mass is 16.2. The second kappa shape index (κ2) is 6.33. The van der Waals surface area contributed by atoms with E-state index in [9.17, 15) is 9.59 Å². The number of benzene rings is 1. The van der Waals surface area contributed by atoms with E-state index in [0.717, 1.165) is 5.56 Å². The molecule has 102 valence electrons. The fourth-order valence-corrected chi connectivity index (χ4v) is 1.59. The Balaban J connectivity index is 2.04. The molecule has 0 saturated heterocycles. The lowest BCUT2D eigenvalue weighted by Crippen LogP contribution is -2.20. The Kier molecular flexibility index (Phi) is 4.28. The molecule has 20 heavy (non-hydrogen) atoms. The predicted octanol–water partition coefficient (Wildman–Crippen LogP) is 1.42. The van der Waals surface area contributed by atoms with Crippen molar-refractivity contribution in [3.8, 4) is 0 Å². The van der Waals surface area contributed by atoms with Crippen LogP contribution in [0.2, 0.25) is 0 Å². The number of H-pyrrole nitrogens is 1. The highest BCUT2D eigenvalue weighted by Gasteiger charge is 2.14. The fourth-order valence-electron chi connectivity index (χ4n) is 1.59. The third kappa shape index (κ3) is 3.32. The molecule has 0 aliphatic carbocycles. The van der Waals surface area contributed by atoms with Crippen molar-refractivity contribution in [2.45, 2.75) is 0 Å². The van der Waals surface area contributed by atoms with E-state index in [1.807, 2.05) is 30.3 Å². The van der Waals surface area contributed by atoms with Crippen LogP contribution in [0.5, 0.6) is 0 Å². The maximum absolute atomic E-state index is 11.8. The monoisotopic (exact) mass is 270 g/mol. The van der Waals surface area contributed by atoms with Crippen LogP contribution in [0.4, 0.5) is 5.69 Å². The molecule has 1 aromatic heterocycles. The summed E-state index contributed by atoms with van der Waals surface area (Å²) in [5, 5.41) is 11.4. The zero-order chi connectivity index (χ0) is 14.4. The van der Waals surface area contributed by atoms with E-state index in [1.54, 1.807) is 6.08 Å². The Hall–Kier alpha value is -2.89. The number of nitrogens with one attached hydrogen (secondary N) is 3. The highest BCUT2D eigenvalue weighted by Crippen LogP contribution is 2.11. The molecular weight excluding hydrogens is 256 g/mol. The molecule has 0 aliphatic heterocycles. The first-order valence-corrected chi connectivity index (χ1v) is 6.00. The zero-order valence-electron chi connectivity index (χ0n) is 10.9. The molecule has 0 saturated carbocycles. The molecular formula is C14H14N4O2. The Morgan fingerprint density at radius 1 is 1.25 bits per heavy atom. The first-order valence-electron chi connectivity index (χ1n) is 6.00. The number of aromatic amines is 1. The van der Waals surface area contributed by atoms with Gasteiger partial charge in [0.05, 0.1) is 5.69 Å². The topological polar surface area (TPSA) is 86.9 Å². The smallest absolute Gasteiger partial charge is 0.273 e. The second-order valence-corrected chi connectivity index (χ2v) is 3.96. The van der Waals surface area contributed by atoms with Crippen molar-refractivity contribution in [3.05, 3.63) is 53.9 Å². The number of carbonyl (C=O) groups excluding carboxylic acids is 2. The number of nitrogens with zero attached hydrogens (tertiary/aromatic N) is 1. The van der Waals surface area contributed by atoms with E-state index in [2.05, 4.69) is 20.8 Å². The van der Waals surface area contributed by atoms with E-state index in [4.69, 9.17) is 0 Å². The molecule has 0 atom stereocenters. The van der Waals surface area contributed by atoms with Crippen LogP contribution < -0.4 is 10.6 Å². The van der Waals surface area contributed by atoms with Crippen LogP contribution in [0.3, 0.4) is 0 Å². The van der Waals surface area contributed by atoms with E-state index in [0.29, 0.717) is 5.69 Å². The lowest BCUT2D eigenvalue weighted by molar-refractivity contribution is -0.111. The van der Waals surface area contributed by atoms with Crippen LogP contribution in [0.1, 0.15) is 16.1 Å². The average Bonchev–Trinajstić information content (AvgIpc) is 2.93. The zero-order valence-corrected chi connectivity index (χ0v) is 10.9. The van der Waals surface area contributed by atoms with Gasteiger partial charge in [-0.15, -0.1) is 0 Å². The normalized spacial score (nSPS) is 10.4. The van der Waals surface area contributed by atoms with Gasteiger partial charge < -0.3 is 10.6 Å². The van der Waals surface area contributed by atoms with Crippen LogP contribution in [0, 0.1) is 0 Å². The van der Waals surface area contributed by atoms with E-state index in [1.165, 1.54) is 19.3 Å². The number of rotatable bonds is 4. The van der Waals surface area contributed by atoms with Gasteiger partial charge in [0, 0.05) is 19.3 Å². The summed E-state index contributed by atoms with van der Waals surface area (Å²) in [6.45, 7) is 0. The van der Waals surface area contributed by atoms with Crippen molar-refractivity contribution in [1.29, 1.82) is 0 Å². The lowest BCUT2D eigenvalue weighted by atomic mass is 10.2. The fraction of sp³-hybridized carbons (Fsp3) is 0.0714. The van der Waals surface area contributed by atoms with Crippen LogP contribution in [0.25, 0.3) is 6.08 Å². The van der Waals surface area contributed by atoms with Crippen molar-refractivity contribution in [1.82, 2.24) is 15.5 Å². The van der Waals surface area contributed by atoms with E-state index >= 15 is 0 Å². The third-order valence-corrected chi connectivity index (χ3v) is 2.57. The molecule has 0 radical (unpaired) electrons. The molecule has 0 bridgehead atoms. The van der Waals surface area contributed by atoms with Crippen LogP contribution in [-0.4, -0.2) is 29.1 Å². The third-order valence-electron chi connectivity index (χ3n) is 2.57. The molecule has 2 amide bonds. The molecule has 0 spiro atoms. The molecule has 1 heterocycles. The van der Waals surface area contributed by atoms with Crippen LogP contribution in [0.15, 0.2) is 42.6 Å². The second-order valence-electron chi connectivity index (χ2n) is 3.96. The summed E-state index contributed by atoms with van der Waals surface area (Å²) in [5.41, 5.74) is 1.40. The summed E-state index contributed by atoms with van der Waals surface area (Å²) >= 11 is 0. The van der Waals surface area contributed by atoms with Crippen molar-refractivity contribution < 1.29 is 9.59 Å². The number of anilines is 1. The number of hydrogen-bond acceptors (Lipinski definition) is 3. The van der Waals surface area contributed by atoms with E-state index in [-0.39, 0.29) is 17.5 Å². The van der Waals surface area contributed by atoms with Gasteiger partial charge in [-0.05, 0) is 11.6 Å². The number of carbonyl (C=O) groups is 2. The Labute approximate surface area is 115 Å². The number of hydrogen-bond donors (Lipinski definition) is 3. The summed E-state index contributed by atoms with van der Waals surface area (Å²) in [5.74, 6) is -0.700. The molecule has 3 N–H and O–H groups in total. The summed E-state index contributed by atoms with van der Waals surface area (Å²) in [6.07, 6.45) is 4.55. The number of aromatic nitrogens is 2. The first-order chi connectivity index (χ1) is 9.70. The van der Waals surface area contributed by atoms with Crippen LogP contribution in [-0.2, 0) is 4.79 Å². The SMILES string of the molecule is CNC(=O)c1n[nH]cc1NC(=O)/C=C/c1ccccc1. The van der Waals surface area contributed by atoms with Gasteiger partial charge in [0.15, 0.2) is 5.69 Å². The van der Waals surface area contributed by atoms with Crippen molar-refractivity contribution in [2.24, 2.45) is 0 Å². The minimum absolute atomic E-state index is 0.147. The van der Waals surface area contributed by atoms with Crippen molar-refractivity contribution >= 4 is 23.6 Å². The first kappa shape index (κ1) is 13.5. The number of amides is 2. The van der Waals surface area contributed by atoms with Gasteiger partial charge in [-0.3, -0.25) is 14.7 Å². The Bertz CT molecular complexity index is 632. The molecule has 6 nitrogen and oxygen atoms in total. The van der Waals surface area contributed by atoms with Crippen molar-refractivity contribution in [3.63, 3.8) is 0 Å². The lowest BCUT2D eigenvalue weighted by Gasteiger charge is -2.01. The summed E-state index contributed by atoms with van der Waals surface area (Å²) < 4.78 is 0. The van der Waals surface area contributed by atoms with Gasteiger partial charge in [-0.1, -0.05) is 30.3 Å². The summed E-state index contributed by atoms with van der Waals surface area (Å²) in [4.78, 5) is 23.3. The van der Waals surface area contributed by atoms with E-state index < -0.39 is 0 Å². The van der Waals surface area contributed by atoms with Gasteiger partial charge in [0.1, 0.15) is 0 Å². The minimum atomic E-state index is -0.367. The Morgan fingerprint density at radius 2 is 2.00 bits per heavy atom. The van der Waals surface area contributed by atoms with Gasteiger partial charge in [-0.25, -0.2) is 0 Å². The maximum atomic E-state index is 11.8. The molecule has 2 rings (SSSR count). The molecule has 1 aromatic carbocycles. The maximum Gasteiger partial charge on any atom is 0.273 e. The average molecular weight is 270 g/mol. The van der Waals surface area contributed by atoms with Gasteiger partial charge >= 0.3 is 0 Å². The van der Waals surface area contributed by atoms with Crippen LogP contribution >= 0.6 is 0 Å². The summed E-state index contributed by atoms with van der Waals surface area (Å²) in [7, 11) is 1.50. The highest BCUT2D eigenvalue weighted by molar-refractivity contribution is 6.06. The summed E-state index contributed by atoms with van der Waals surface area (Å²) in [6, 6.07) is 9.45. The molecule has 0 aliphatic rings. The molecule has 0 unspecified atom stereocenters. The molecule has 0 fully saturated rings. The van der Waals surface area contributed by atoms with Crippen molar-refractivity contribution in [2.75, 3.05) is 12.4 Å². The molecule has 6 heteroatoms. The van der Waals surface area contributed by atoms with Gasteiger partial charge in [-0.2, -0.15) is 5.10 Å². The predicted molar refractivity (Wildman–Crippen MR) is 76.1 cm³/mol. The molecule has 2 aromatic rings. The van der Waals surface area contributed by atoms with Gasteiger partial charge in [0.2, 0.25) is 5.91 Å². The Morgan fingerprint density at radius 3 is 2.70 bits per heavy atom. The minimum Gasteiger partial charge on any atom is -0.354 e. The quantitative estimate of drug-likeness (QED) is 0.734. The standard InChI is InChI=1S/C14H14N4O2/c1-15-14(20)13-11(9-16-18-13)17-12(19)8-7-10-5-3-2-4-6-10/h2-9H,1H3,(H,15,20)(H,16,18)(H,17,19)/b8-7+. The largest absolute Gasteiger partial charge is 0.354 e. The van der Waals surface area contributed by atoms with Gasteiger partial charge in [0.25, 0.3) is 5.91 Å².